The summed E-state index contributed by atoms with van der Waals surface area (Å²) in [5.74, 6) is -9.19. The van der Waals surface area contributed by atoms with Crippen LogP contribution in [-0.2, 0) is 19.2 Å². The second kappa shape index (κ2) is 16.4. The summed E-state index contributed by atoms with van der Waals surface area (Å²) in [5, 5.41) is 6.47. The average Bonchev–Trinajstić information content (AvgIpc) is 3.11. The quantitative estimate of drug-likeness (QED) is 0.256. The zero-order valence-electron chi connectivity index (χ0n) is 29.7. The van der Waals surface area contributed by atoms with E-state index in [4.69, 9.17) is 0 Å². The maximum atomic E-state index is 15.9. The minimum Gasteiger partial charge on any atom is -0.341 e. The summed E-state index contributed by atoms with van der Waals surface area (Å²) in [5.41, 5.74) is -1.08. The molecule has 272 valence electrons. The normalized spacial score (nSPS) is 21.6. The predicted octanol–water partition coefficient (Wildman–Crippen LogP) is 5.29. The molecule has 2 aliphatic carbocycles. The summed E-state index contributed by atoms with van der Waals surface area (Å²) in [6.07, 6.45) is 6.57. The molecule has 2 radical (unpaired) electrons. The van der Waals surface area contributed by atoms with Crippen LogP contribution >= 0.6 is 0 Å². The van der Waals surface area contributed by atoms with Crippen LogP contribution in [-0.4, -0.2) is 92.8 Å². The molecule has 1 aromatic carbocycles. The minimum absolute atomic E-state index is 0.155. The molecule has 3 aliphatic rings. The van der Waals surface area contributed by atoms with Crippen molar-refractivity contribution in [3.63, 3.8) is 0 Å². The molecular formula is C36H54F3N5O4Si. The molecule has 1 unspecified atom stereocenters. The fourth-order valence-electron chi connectivity index (χ4n) is 7.69. The van der Waals surface area contributed by atoms with E-state index in [2.05, 4.69) is 20.9 Å². The highest BCUT2D eigenvalue weighted by Crippen LogP contribution is 2.39. The van der Waals surface area contributed by atoms with Crippen molar-refractivity contribution in [1.82, 2.24) is 20.4 Å². The number of likely N-dealkylation sites (N-methyl/N-ethyl adjacent to an activating group) is 1. The Hall–Kier alpha value is -2.93. The number of amides is 4. The molecule has 0 spiro atoms. The molecule has 3 N–H and O–H groups in total. The third-order valence-corrected chi connectivity index (χ3v) is 12.8. The first-order chi connectivity index (χ1) is 23.2. The fourth-order valence-corrected chi connectivity index (χ4v) is 8.92. The standard InChI is InChI=1S/C36H54F3N5O4Si/c1-6-30(45)41-34(3,33(48)44-21-19-43(4)20-22-44)24(2)25-17-18-29(28(37)23-25)40-32(47)36(49-5,27-15-11-8-12-16-27)42-31(46)35(38,39)26-13-9-7-10-14-26/h17-18,23-24,26-27H,6-16,19-22H2,1-5H3,(H,40,47)(H,41,45)(H,42,46)/t24-,34?,36-/m0/s1. The van der Waals surface area contributed by atoms with Gasteiger partial charge in [-0.2, -0.15) is 8.78 Å². The number of alkyl halides is 2. The molecule has 13 heteroatoms. The monoisotopic (exact) mass is 705 g/mol. The summed E-state index contributed by atoms with van der Waals surface area (Å²) < 4.78 is 47.0. The summed E-state index contributed by atoms with van der Waals surface area (Å²) in [7, 11) is 1.73. The van der Waals surface area contributed by atoms with Gasteiger partial charge in [0.15, 0.2) is 0 Å². The number of piperazine rings is 1. The zero-order valence-corrected chi connectivity index (χ0v) is 30.7. The van der Waals surface area contributed by atoms with E-state index in [1.54, 1.807) is 38.3 Å². The average molecular weight is 706 g/mol. The van der Waals surface area contributed by atoms with Crippen molar-refractivity contribution in [3.8, 4) is 0 Å². The second-order valence-corrected chi connectivity index (χ2v) is 15.7. The van der Waals surface area contributed by atoms with Crippen LogP contribution in [0.5, 0.6) is 0 Å². The van der Waals surface area contributed by atoms with Crippen molar-refractivity contribution in [1.29, 1.82) is 0 Å². The van der Waals surface area contributed by atoms with Gasteiger partial charge in [-0.3, -0.25) is 19.2 Å². The largest absolute Gasteiger partial charge is 0.341 e. The molecule has 1 aromatic rings. The predicted molar refractivity (Wildman–Crippen MR) is 185 cm³/mol. The van der Waals surface area contributed by atoms with Gasteiger partial charge in [-0.15, -0.1) is 0 Å². The molecule has 49 heavy (non-hydrogen) atoms. The molecule has 3 atom stereocenters. The molecule has 4 rings (SSSR count). The molecule has 1 heterocycles. The van der Waals surface area contributed by atoms with Crippen LogP contribution in [0, 0.1) is 17.7 Å². The molecule has 3 fully saturated rings. The van der Waals surface area contributed by atoms with Crippen LogP contribution in [0.1, 0.15) is 103 Å². The number of carbonyl (C=O) groups is 4. The Labute approximate surface area is 291 Å². The van der Waals surface area contributed by atoms with Gasteiger partial charge in [0.25, 0.3) is 5.91 Å². The number of benzene rings is 1. The summed E-state index contributed by atoms with van der Waals surface area (Å²) in [6.45, 7) is 9.22. The summed E-state index contributed by atoms with van der Waals surface area (Å²) in [6, 6.07) is 4.23. The van der Waals surface area contributed by atoms with Crippen molar-refractivity contribution in [2.24, 2.45) is 11.8 Å². The number of hydrogen-bond acceptors (Lipinski definition) is 5. The SMILES string of the molecule is CCC(=O)NC(C)(C(=O)N1CCN(C)CC1)[C@@H](C)c1ccc(NC(=O)[C@@](NC(=O)C(F)(F)C2CCCCC2)([Si]C)C2CCCCC2)c(F)c1. The second-order valence-electron chi connectivity index (χ2n) is 14.4. The van der Waals surface area contributed by atoms with Crippen molar-refractivity contribution < 1.29 is 32.3 Å². The smallest absolute Gasteiger partial charge is 0.327 e. The van der Waals surface area contributed by atoms with Crippen LogP contribution in [0.4, 0.5) is 18.9 Å². The third-order valence-electron chi connectivity index (χ3n) is 11.3. The van der Waals surface area contributed by atoms with Gasteiger partial charge in [0.05, 0.1) is 15.2 Å². The fraction of sp³-hybridized carbons (Fsp3) is 0.722. The number of anilines is 1. The van der Waals surface area contributed by atoms with E-state index in [0.29, 0.717) is 57.4 Å². The molecule has 0 aromatic heterocycles. The van der Waals surface area contributed by atoms with Crippen LogP contribution in [0.25, 0.3) is 0 Å². The first-order valence-electron chi connectivity index (χ1n) is 18.0. The Morgan fingerprint density at radius 1 is 0.898 bits per heavy atom. The first-order valence-corrected chi connectivity index (χ1v) is 19.5. The van der Waals surface area contributed by atoms with Gasteiger partial charge < -0.3 is 25.8 Å². The Kier molecular flexibility index (Phi) is 13.0. The van der Waals surface area contributed by atoms with Gasteiger partial charge in [-0.1, -0.05) is 65.0 Å². The lowest BCUT2D eigenvalue weighted by Gasteiger charge is -2.43. The van der Waals surface area contributed by atoms with E-state index in [1.165, 1.54) is 12.1 Å². The highest BCUT2D eigenvalue weighted by atomic mass is 28.2. The Bertz CT molecular complexity index is 1350. The Balaban J connectivity index is 1.60. The first kappa shape index (κ1) is 38.9. The maximum Gasteiger partial charge on any atom is 0.327 e. The molecule has 1 aliphatic heterocycles. The molecular weight excluding hydrogens is 652 g/mol. The molecule has 4 amide bonds. The van der Waals surface area contributed by atoms with Crippen LogP contribution in [0.3, 0.4) is 0 Å². The van der Waals surface area contributed by atoms with Gasteiger partial charge >= 0.3 is 5.92 Å². The van der Waals surface area contributed by atoms with E-state index in [9.17, 15) is 19.2 Å². The third kappa shape index (κ3) is 8.52. The zero-order chi connectivity index (χ0) is 36.0. The van der Waals surface area contributed by atoms with Gasteiger partial charge in [0, 0.05) is 44.4 Å². The minimum atomic E-state index is -3.62. The van der Waals surface area contributed by atoms with Crippen molar-refractivity contribution in [2.75, 3.05) is 38.5 Å². The van der Waals surface area contributed by atoms with Crippen LogP contribution in [0.15, 0.2) is 18.2 Å². The van der Waals surface area contributed by atoms with E-state index in [-0.39, 0.29) is 52.2 Å². The lowest BCUT2D eigenvalue weighted by atomic mass is 9.80. The van der Waals surface area contributed by atoms with E-state index in [1.807, 2.05) is 7.05 Å². The van der Waals surface area contributed by atoms with Gasteiger partial charge in [0.2, 0.25) is 17.7 Å². The Morgan fingerprint density at radius 3 is 2.00 bits per heavy atom. The Morgan fingerprint density at radius 2 is 1.47 bits per heavy atom. The number of carbonyl (C=O) groups excluding carboxylic acids is 4. The number of nitrogens with one attached hydrogen (secondary N) is 3. The summed E-state index contributed by atoms with van der Waals surface area (Å²) >= 11 is 0. The maximum absolute atomic E-state index is 15.9. The highest BCUT2D eigenvalue weighted by molar-refractivity contribution is 6.48. The topological polar surface area (TPSA) is 111 Å². The summed E-state index contributed by atoms with van der Waals surface area (Å²) in [4.78, 5) is 57.8. The number of halogens is 3. The lowest BCUT2D eigenvalue weighted by Crippen LogP contribution is -2.67. The number of rotatable bonds is 12. The molecule has 1 saturated heterocycles. The van der Waals surface area contributed by atoms with E-state index in [0.717, 1.165) is 25.7 Å². The van der Waals surface area contributed by atoms with Crippen LogP contribution < -0.4 is 16.0 Å². The number of nitrogens with zero attached hydrogens (tertiary/aromatic N) is 2. The van der Waals surface area contributed by atoms with Gasteiger partial charge in [-0.05, 0) is 63.3 Å². The van der Waals surface area contributed by atoms with Gasteiger partial charge in [-0.25, -0.2) is 4.39 Å². The molecule has 9 nitrogen and oxygen atoms in total. The van der Waals surface area contributed by atoms with E-state index >= 15 is 13.2 Å². The number of hydrogen-bond donors (Lipinski definition) is 3. The highest BCUT2D eigenvalue weighted by Gasteiger charge is 2.53. The molecule has 2 saturated carbocycles. The lowest BCUT2D eigenvalue weighted by molar-refractivity contribution is -0.159. The van der Waals surface area contributed by atoms with Crippen molar-refractivity contribution in [2.45, 2.75) is 120 Å². The van der Waals surface area contributed by atoms with E-state index < -0.39 is 46.1 Å². The van der Waals surface area contributed by atoms with Gasteiger partial charge in [0.1, 0.15) is 16.5 Å². The van der Waals surface area contributed by atoms with Crippen molar-refractivity contribution in [3.05, 3.63) is 29.6 Å². The molecule has 0 bridgehead atoms. The van der Waals surface area contributed by atoms with Crippen molar-refractivity contribution >= 4 is 38.8 Å². The van der Waals surface area contributed by atoms with Crippen LogP contribution in [0.2, 0.25) is 6.55 Å².